The maximum Gasteiger partial charge on any atom is 0.258 e. The number of halogens is 1. The third kappa shape index (κ3) is 4.17. The van der Waals surface area contributed by atoms with Crippen molar-refractivity contribution < 1.29 is 9.69 Å². The Balaban J connectivity index is 1.72. The lowest BCUT2D eigenvalue weighted by molar-refractivity contribution is -0.908. The first-order valence-corrected chi connectivity index (χ1v) is 9.06. The van der Waals surface area contributed by atoms with Crippen molar-refractivity contribution in [2.75, 3.05) is 14.1 Å². The number of aromatic nitrogens is 2. The highest BCUT2D eigenvalue weighted by molar-refractivity contribution is 9.10. The largest absolute Gasteiger partial charge is 0.355 e. The molecule has 1 atom stereocenters. The van der Waals surface area contributed by atoms with E-state index in [1.54, 1.807) is 19.3 Å². The summed E-state index contributed by atoms with van der Waals surface area (Å²) >= 11 is 3.36. The van der Waals surface area contributed by atoms with Crippen LogP contribution in [0.2, 0.25) is 0 Å². The molecule has 0 radical (unpaired) electrons. The lowest BCUT2D eigenvalue weighted by atomic mass is 10.1. The molecule has 2 heterocycles. The summed E-state index contributed by atoms with van der Waals surface area (Å²) < 4.78 is 2.37. The molecule has 6 nitrogen and oxygen atoms in total. The van der Waals surface area contributed by atoms with E-state index in [2.05, 4.69) is 33.3 Å². The number of hydrogen-bond acceptors (Lipinski definition) is 3. The van der Waals surface area contributed by atoms with Crippen LogP contribution in [0.4, 0.5) is 0 Å². The van der Waals surface area contributed by atoms with E-state index < -0.39 is 0 Å². The third-order valence-electron chi connectivity index (χ3n) is 4.11. The SMILES string of the molecule is CNC(=O)c1ccc(C[NH+](C)Cc2cc(=O)n3cc(Br)ccc3n2)cc1. The quantitative estimate of drug-likeness (QED) is 0.653. The summed E-state index contributed by atoms with van der Waals surface area (Å²) in [5.74, 6) is -0.0928. The second kappa shape index (κ2) is 7.80. The van der Waals surface area contributed by atoms with Crippen LogP contribution in [0.3, 0.4) is 0 Å². The van der Waals surface area contributed by atoms with E-state index in [0.29, 0.717) is 17.8 Å². The Kier molecular flexibility index (Phi) is 5.49. The van der Waals surface area contributed by atoms with Crippen molar-refractivity contribution >= 4 is 27.5 Å². The zero-order chi connectivity index (χ0) is 18.7. The van der Waals surface area contributed by atoms with Crippen molar-refractivity contribution in [3.05, 3.63) is 80.3 Å². The second-order valence-electron chi connectivity index (χ2n) is 6.25. The summed E-state index contributed by atoms with van der Waals surface area (Å²) in [5.41, 5.74) is 3.07. The zero-order valence-electron chi connectivity index (χ0n) is 14.6. The van der Waals surface area contributed by atoms with Crippen LogP contribution in [-0.4, -0.2) is 29.4 Å². The molecule has 0 saturated carbocycles. The van der Waals surface area contributed by atoms with Crippen LogP contribution in [0.15, 0.2) is 57.9 Å². The van der Waals surface area contributed by atoms with Gasteiger partial charge in [-0.2, -0.15) is 0 Å². The molecule has 3 rings (SSSR count). The number of carbonyl (C=O) groups excluding carboxylic acids is 1. The summed E-state index contributed by atoms with van der Waals surface area (Å²) in [6.45, 7) is 1.41. The van der Waals surface area contributed by atoms with Gasteiger partial charge in [0.25, 0.3) is 11.5 Å². The first-order chi connectivity index (χ1) is 12.5. The van der Waals surface area contributed by atoms with Gasteiger partial charge in [-0.25, -0.2) is 4.98 Å². The van der Waals surface area contributed by atoms with E-state index in [-0.39, 0.29) is 11.5 Å². The predicted molar refractivity (Wildman–Crippen MR) is 103 cm³/mol. The Labute approximate surface area is 159 Å². The van der Waals surface area contributed by atoms with Crippen molar-refractivity contribution in [3.8, 4) is 0 Å². The maximum absolute atomic E-state index is 12.3. The number of quaternary nitrogens is 1. The molecule has 0 aliphatic carbocycles. The van der Waals surface area contributed by atoms with E-state index in [9.17, 15) is 9.59 Å². The highest BCUT2D eigenvalue weighted by atomic mass is 79.9. The molecule has 26 heavy (non-hydrogen) atoms. The van der Waals surface area contributed by atoms with Crippen molar-refractivity contribution in [2.45, 2.75) is 13.1 Å². The molecule has 2 N–H and O–H groups in total. The maximum atomic E-state index is 12.3. The van der Waals surface area contributed by atoms with Crippen molar-refractivity contribution in [2.24, 2.45) is 0 Å². The van der Waals surface area contributed by atoms with Gasteiger partial charge in [0.1, 0.15) is 24.4 Å². The Morgan fingerprint density at radius 3 is 2.62 bits per heavy atom. The summed E-state index contributed by atoms with van der Waals surface area (Å²) in [4.78, 5) is 29.6. The van der Waals surface area contributed by atoms with Gasteiger partial charge < -0.3 is 10.2 Å². The lowest BCUT2D eigenvalue weighted by Gasteiger charge is -2.14. The average molecular weight is 416 g/mol. The molecule has 2 aromatic heterocycles. The normalized spacial score (nSPS) is 12.1. The lowest BCUT2D eigenvalue weighted by Crippen LogP contribution is -3.06. The summed E-state index contributed by atoms with van der Waals surface area (Å²) in [6.07, 6.45) is 1.72. The molecule has 1 aromatic carbocycles. The van der Waals surface area contributed by atoms with E-state index in [1.807, 2.05) is 36.4 Å². The molecular formula is C19H20BrN4O2+. The van der Waals surface area contributed by atoms with E-state index in [1.165, 1.54) is 9.30 Å². The van der Waals surface area contributed by atoms with Crippen LogP contribution in [0.5, 0.6) is 0 Å². The smallest absolute Gasteiger partial charge is 0.258 e. The fraction of sp³-hybridized carbons (Fsp3) is 0.211. The summed E-state index contributed by atoms with van der Waals surface area (Å²) in [6, 6.07) is 12.8. The summed E-state index contributed by atoms with van der Waals surface area (Å²) in [7, 11) is 3.67. The van der Waals surface area contributed by atoms with Gasteiger partial charge in [0.2, 0.25) is 0 Å². The predicted octanol–water partition coefficient (Wildman–Crippen LogP) is 1.03. The Morgan fingerprint density at radius 2 is 1.92 bits per heavy atom. The highest BCUT2D eigenvalue weighted by Gasteiger charge is 2.10. The van der Waals surface area contributed by atoms with Crippen LogP contribution in [0.25, 0.3) is 5.65 Å². The molecular weight excluding hydrogens is 396 g/mol. The van der Waals surface area contributed by atoms with Crippen LogP contribution in [-0.2, 0) is 13.1 Å². The number of nitrogens with one attached hydrogen (secondary N) is 2. The fourth-order valence-electron chi connectivity index (χ4n) is 2.86. The topological polar surface area (TPSA) is 67.9 Å². The number of amides is 1. The highest BCUT2D eigenvalue weighted by Crippen LogP contribution is 2.09. The molecule has 3 aromatic rings. The first-order valence-electron chi connectivity index (χ1n) is 8.26. The monoisotopic (exact) mass is 415 g/mol. The average Bonchev–Trinajstić information content (AvgIpc) is 2.62. The third-order valence-corrected chi connectivity index (χ3v) is 4.58. The minimum absolute atomic E-state index is 0.0889. The van der Waals surface area contributed by atoms with Gasteiger partial charge in [0, 0.05) is 34.9 Å². The van der Waals surface area contributed by atoms with E-state index >= 15 is 0 Å². The van der Waals surface area contributed by atoms with Gasteiger partial charge in [0.15, 0.2) is 0 Å². The molecule has 0 aliphatic rings. The number of carbonyl (C=O) groups is 1. The molecule has 0 bridgehead atoms. The van der Waals surface area contributed by atoms with Crippen LogP contribution >= 0.6 is 15.9 Å². The van der Waals surface area contributed by atoms with Gasteiger partial charge in [-0.05, 0) is 40.2 Å². The number of benzene rings is 1. The van der Waals surface area contributed by atoms with Gasteiger partial charge in [-0.15, -0.1) is 0 Å². The minimum atomic E-state index is -0.0928. The number of fused-ring (bicyclic) bond motifs is 1. The Morgan fingerprint density at radius 1 is 1.19 bits per heavy atom. The van der Waals surface area contributed by atoms with Crippen LogP contribution < -0.4 is 15.8 Å². The van der Waals surface area contributed by atoms with Crippen LogP contribution in [0.1, 0.15) is 21.6 Å². The van der Waals surface area contributed by atoms with E-state index in [0.717, 1.165) is 22.3 Å². The number of pyridine rings is 1. The fourth-order valence-corrected chi connectivity index (χ4v) is 3.19. The number of rotatable bonds is 5. The van der Waals surface area contributed by atoms with E-state index in [4.69, 9.17) is 0 Å². The molecule has 0 fully saturated rings. The molecule has 0 spiro atoms. The molecule has 134 valence electrons. The standard InChI is InChI=1S/C19H19BrN4O2/c1-21-19(26)14-5-3-13(4-6-14)10-23(2)12-16-9-18(25)24-11-15(20)7-8-17(24)22-16/h3-9,11H,10,12H2,1-2H3,(H,21,26)/p+1. The Bertz CT molecular complexity index is 999. The molecule has 1 amide bonds. The van der Waals surface area contributed by atoms with Gasteiger partial charge >= 0.3 is 0 Å². The zero-order valence-corrected chi connectivity index (χ0v) is 16.2. The van der Waals surface area contributed by atoms with Crippen molar-refractivity contribution in [3.63, 3.8) is 0 Å². The van der Waals surface area contributed by atoms with Gasteiger partial charge in [0.05, 0.1) is 7.05 Å². The first kappa shape index (κ1) is 18.3. The second-order valence-corrected chi connectivity index (χ2v) is 7.16. The molecule has 1 unspecified atom stereocenters. The Hall–Kier alpha value is -2.51. The minimum Gasteiger partial charge on any atom is -0.355 e. The molecule has 0 aliphatic heterocycles. The number of hydrogen-bond donors (Lipinski definition) is 2. The van der Waals surface area contributed by atoms with Crippen LogP contribution in [0, 0.1) is 0 Å². The summed E-state index contributed by atoms with van der Waals surface area (Å²) in [5, 5.41) is 2.61. The van der Waals surface area contributed by atoms with Crippen molar-refractivity contribution in [1.29, 1.82) is 0 Å². The number of nitrogens with zero attached hydrogens (tertiary/aromatic N) is 2. The van der Waals surface area contributed by atoms with Crippen molar-refractivity contribution in [1.82, 2.24) is 14.7 Å². The molecule has 7 heteroatoms. The van der Waals surface area contributed by atoms with Gasteiger partial charge in [-0.1, -0.05) is 12.1 Å². The molecule has 0 saturated heterocycles. The van der Waals surface area contributed by atoms with Gasteiger partial charge in [-0.3, -0.25) is 14.0 Å².